The van der Waals surface area contributed by atoms with Gasteiger partial charge in [0.15, 0.2) is 0 Å². The van der Waals surface area contributed by atoms with Crippen molar-refractivity contribution >= 4 is 10.9 Å². The third-order valence-electron chi connectivity index (χ3n) is 6.76. The van der Waals surface area contributed by atoms with Gasteiger partial charge in [-0.2, -0.15) is 14.8 Å². The van der Waals surface area contributed by atoms with E-state index in [4.69, 9.17) is 4.52 Å². The van der Waals surface area contributed by atoms with Gasteiger partial charge >= 0.3 is 0 Å². The van der Waals surface area contributed by atoms with Crippen LogP contribution in [0.3, 0.4) is 0 Å². The zero-order valence-electron chi connectivity index (χ0n) is 18.4. The number of hydrogen-bond donors (Lipinski definition) is 1. The molecular weight excluding hydrogens is 395 g/mol. The van der Waals surface area contributed by atoms with Crippen molar-refractivity contribution in [2.75, 3.05) is 32.7 Å². The number of halogens is 1. The van der Waals surface area contributed by atoms with Gasteiger partial charge in [-0.05, 0) is 74.9 Å². The second-order valence-corrected chi connectivity index (χ2v) is 9.29. The zero-order chi connectivity index (χ0) is 21.4. The van der Waals surface area contributed by atoms with Crippen LogP contribution in [-0.2, 0) is 0 Å². The van der Waals surface area contributed by atoms with Crippen LogP contribution in [0.1, 0.15) is 63.0 Å². The lowest BCUT2D eigenvalue weighted by atomic mass is 9.93. The molecule has 31 heavy (non-hydrogen) atoms. The molecular formula is C23H31FN6O. The number of para-hydroxylation sites is 1. The predicted molar refractivity (Wildman–Crippen MR) is 117 cm³/mol. The largest absolute Gasteiger partial charge is 0.337 e. The number of piperidine rings is 2. The van der Waals surface area contributed by atoms with Crippen LogP contribution < -0.4 is 5.32 Å². The lowest BCUT2D eigenvalue weighted by Gasteiger charge is -2.34. The number of likely N-dealkylation sites (tertiary alicyclic amines) is 1. The Morgan fingerprint density at radius 3 is 2.68 bits per heavy atom. The molecule has 1 N–H and O–H groups in total. The molecule has 7 nitrogen and oxygen atoms in total. The summed E-state index contributed by atoms with van der Waals surface area (Å²) in [6.45, 7) is 9.71. The fraction of sp³-hybridized carbons (Fsp3) is 0.609. The minimum atomic E-state index is -0.325. The molecule has 166 valence electrons. The third-order valence-corrected chi connectivity index (χ3v) is 6.76. The van der Waals surface area contributed by atoms with Gasteiger partial charge in [-0.1, -0.05) is 26.0 Å². The zero-order valence-corrected chi connectivity index (χ0v) is 18.4. The maximum atomic E-state index is 14.6. The highest BCUT2D eigenvalue weighted by Gasteiger charge is 2.28. The number of benzene rings is 1. The maximum absolute atomic E-state index is 14.6. The Balaban J connectivity index is 1.31. The standard InChI is InChI=1S/C23H31FN6O/c1-15(2)20-18-4-3-5-19(24)21(18)30(27-20)23-26-22(31-28-23)17-8-12-29(13-9-17)14-16-6-10-25-11-7-16/h3-5,15-17,25H,6-14H2,1-2H3. The van der Waals surface area contributed by atoms with Gasteiger partial charge in [0.1, 0.15) is 11.3 Å². The van der Waals surface area contributed by atoms with Gasteiger partial charge in [0.05, 0.1) is 5.69 Å². The Hall–Kier alpha value is -2.32. The van der Waals surface area contributed by atoms with Gasteiger partial charge in [0.2, 0.25) is 5.89 Å². The number of nitrogens with zero attached hydrogens (tertiary/aromatic N) is 5. The summed E-state index contributed by atoms with van der Waals surface area (Å²) in [5.41, 5.74) is 1.25. The third kappa shape index (κ3) is 4.11. The molecule has 4 heterocycles. The van der Waals surface area contributed by atoms with Gasteiger partial charge in [0.25, 0.3) is 5.95 Å². The Morgan fingerprint density at radius 1 is 1.16 bits per heavy atom. The molecule has 2 fully saturated rings. The van der Waals surface area contributed by atoms with Gasteiger partial charge in [-0.3, -0.25) is 0 Å². The molecule has 2 aliphatic rings. The highest BCUT2D eigenvalue weighted by atomic mass is 19.1. The first-order valence-corrected chi connectivity index (χ1v) is 11.5. The van der Waals surface area contributed by atoms with Crippen LogP contribution in [-0.4, -0.2) is 57.5 Å². The molecule has 0 unspecified atom stereocenters. The molecule has 3 aromatic rings. The molecule has 0 amide bonds. The summed E-state index contributed by atoms with van der Waals surface area (Å²) in [6.07, 6.45) is 4.58. The summed E-state index contributed by atoms with van der Waals surface area (Å²) in [4.78, 5) is 7.22. The summed E-state index contributed by atoms with van der Waals surface area (Å²) in [7, 11) is 0. The van der Waals surface area contributed by atoms with Crippen molar-refractivity contribution in [2.24, 2.45) is 5.92 Å². The van der Waals surface area contributed by atoms with E-state index in [2.05, 4.69) is 39.3 Å². The number of aromatic nitrogens is 4. The summed E-state index contributed by atoms with van der Waals surface area (Å²) in [5.74, 6) is 1.86. The van der Waals surface area contributed by atoms with Crippen molar-refractivity contribution in [3.63, 3.8) is 0 Å². The molecule has 2 aliphatic heterocycles. The average Bonchev–Trinajstić information content (AvgIpc) is 3.41. The molecule has 0 aliphatic carbocycles. The van der Waals surface area contributed by atoms with Gasteiger partial charge in [-0.15, -0.1) is 0 Å². The van der Waals surface area contributed by atoms with Crippen LogP contribution in [0, 0.1) is 11.7 Å². The minimum Gasteiger partial charge on any atom is -0.337 e. The molecule has 2 aromatic heterocycles. The molecule has 0 saturated carbocycles. The summed E-state index contributed by atoms with van der Waals surface area (Å²) in [5, 5.41) is 13.0. The topological polar surface area (TPSA) is 72.0 Å². The fourth-order valence-electron chi connectivity index (χ4n) is 4.99. The number of nitrogens with one attached hydrogen (secondary N) is 1. The number of fused-ring (bicyclic) bond motifs is 1. The van der Waals surface area contributed by atoms with Crippen LogP contribution in [0.25, 0.3) is 16.9 Å². The van der Waals surface area contributed by atoms with E-state index in [1.165, 1.54) is 30.1 Å². The molecule has 0 bridgehead atoms. The molecule has 8 heteroatoms. The highest BCUT2D eigenvalue weighted by molar-refractivity contribution is 5.84. The lowest BCUT2D eigenvalue weighted by Crippen LogP contribution is -2.39. The van der Waals surface area contributed by atoms with Crippen LogP contribution in [0.4, 0.5) is 4.39 Å². The second kappa shape index (κ2) is 8.67. The Kier molecular flexibility index (Phi) is 5.75. The van der Waals surface area contributed by atoms with Crippen molar-refractivity contribution in [3.05, 3.63) is 35.6 Å². The van der Waals surface area contributed by atoms with Crippen molar-refractivity contribution in [1.82, 2.24) is 30.1 Å². The molecule has 2 saturated heterocycles. The maximum Gasteiger partial charge on any atom is 0.291 e. The lowest BCUT2D eigenvalue weighted by molar-refractivity contribution is 0.157. The van der Waals surface area contributed by atoms with E-state index >= 15 is 0 Å². The van der Waals surface area contributed by atoms with Gasteiger partial charge in [-0.25, -0.2) is 4.39 Å². The molecule has 0 atom stereocenters. The van der Waals surface area contributed by atoms with Crippen LogP contribution in [0.2, 0.25) is 0 Å². The Labute approximate surface area is 182 Å². The molecule has 1 aromatic carbocycles. The summed E-state index contributed by atoms with van der Waals surface area (Å²) >= 11 is 0. The average molecular weight is 427 g/mol. The van der Waals surface area contributed by atoms with E-state index in [1.54, 1.807) is 6.07 Å². The smallest absolute Gasteiger partial charge is 0.291 e. The van der Waals surface area contributed by atoms with Crippen molar-refractivity contribution in [2.45, 2.75) is 51.4 Å². The molecule has 5 rings (SSSR count). The first-order chi connectivity index (χ1) is 15.1. The van der Waals surface area contributed by atoms with E-state index < -0.39 is 0 Å². The summed E-state index contributed by atoms with van der Waals surface area (Å²) < 4.78 is 21.8. The minimum absolute atomic E-state index is 0.168. The van der Waals surface area contributed by atoms with E-state index in [9.17, 15) is 4.39 Å². The molecule has 0 spiro atoms. The number of hydrogen-bond acceptors (Lipinski definition) is 6. The monoisotopic (exact) mass is 426 g/mol. The highest BCUT2D eigenvalue weighted by Crippen LogP contribution is 2.31. The van der Waals surface area contributed by atoms with Crippen LogP contribution >= 0.6 is 0 Å². The van der Waals surface area contributed by atoms with E-state index in [1.807, 2.05) is 6.07 Å². The van der Waals surface area contributed by atoms with E-state index in [-0.39, 0.29) is 17.7 Å². The predicted octanol–water partition coefficient (Wildman–Crippen LogP) is 3.85. The first-order valence-electron chi connectivity index (χ1n) is 11.5. The second-order valence-electron chi connectivity index (χ2n) is 9.29. The van der Waals surface area contributed by atoms with Gasteiger partial charge < -0.3 is 14.7 Å². The van der Waals surface area contributed by atoms with Crippen molar-refractivity contribution in [3.8, 4) is 5.95 Å². The molecule has 0 radical (unpaired) electrons. The first kappa shape index (κ1) is 20.6. The normalized spacial score (nSPS) is 19.6. The van der Waals surface area contributed by atoms with Crippen molar-refractivity contribution in [1.29, 1.82) is 0 Å². The van der Waals surface area contributed by atoms with Crippen LogP contribution in [0.15, 0.2) is 22.7 Å². The SMILES string of the molecule is CC(C)c1nn(-c2noc(C3CCN(CC4CCNCC4)CC3)n2)c2c(F)cccc12. The van der Waals surface area contributed by atoms with Crippen LogP contribution in [0.5, 0.6) is 0 Å². The van der Waals surface area contributed by atoms with Crippen molar-refractivity contribution < 1.29 is 8.91 Å². The summed E-state index contributed by atoms with van der Waals surface area (Å²) in [6, 6.07) is 5.06. The Bertz CT molecular complexity index is 1030. The van der Waals surface area contributed by atoms with E-state index in [0.29, 0.717) is 17.4 Å². The fourth-order valence-corrected chi connectivity index (χ4v) is 4.99. The van der Waals surface area contributed by atoms with Gasteiger partial charge in [0, 0.05) is 17.8 Å². The number of rotatable bonds is 5. The quantitative estimate of drug-likeness (QED) is 0.668. The Morgan fingerprint density at radius 2 is 1.94 bits per heavy atom. The van der Waals surface area contributed by atoms with E-state index in [0.717, 1.165) is 56.0 Å².